The van der Waals surface area contributed by atoms with E-state index >= 15 is 0 Å². The van der Waals surface area contributed by atoms with Crippen molar-refractivity contribution in [3.8, 4) is 17.1 Å². The third-order valence-corrected chi connectivity index (χ3v) is 14.4. The van der Waals surface area contributed by atoms with Crippen molar-refractivity contribution in [1.82, 2.24) is 19.5 Å². The van der Waals surface area contributed by atoms with Gasteiger partial charge >= 0.3 is 7.12 Å². The van der Waals surface area contributed by atoms with E-state index in [-0.39, 0.29) is 16.2 Å². The number of rotatable bonds is 7. The molecule has 5 rings (SSSR count). The molecule has 0 bridgehead atoms. The highest BCUT2D eigenvalue weighted by molar-refractivity contribution is 6.74. The number of anilines is 1. The second-order valence-electron chi connectivity index (χ2n) is 14.3. The van der Waals surface area contributed by atoms with Crippen molar-refractivity contribution >= 4 is 38.0 Å². The van der Waals surface area contributed by atoms with Crippen LogP contribution in [0.2, 0.25) is 18.1 Å². The van der Waals surface area contributed by atoms with Gasteiger partial charge in [-0.25, -0.2) is 15.0 Å². The summed E-state index contributed by atoms with van der Waals surface area (Å²) in [5, 5.41) is 19.8. The van der Waals surface area contributed by atoms with Crippen LogP contribution in [-0.2, 0) is 4.43 Å². The summed E-state index contributed by atoms with van der Waals surface area (Å²) in [5.74, 6) is 2.46. The third-order valence-electron chi connectivity index (χ3n) is 9.79. The smallest absolute Gasteiger partial charge is 0.422 e. The summed E-state index contributed by atoms with van der Waals surface area (Å²) in [4.78, 5) is 13.7. The Labute approximate surface area is 257 Å². The van der Waals surface area contributed by atoms with Gasteiger partial charge in [-0.2, -0.15) is 0 Å². The highest BCUT2D eigenvalue weighted by Gasteiger charge is 2.47. The molecule has 43 heavy (non-hydrogen) atoms. The average Bonchev–Trinajstić information content (AvgIpc) is 3.30. The van der Waals surface area contributed by atoms with Crippen LogP contribution in [-0.4, -0.2) is 50.6 Å². The third kappa shape index (κ3) is 6.16. The minimum absolute atomic E-state index is 0.152. The zero-order valence-corrected chi connectivity index (χ0v) is 27.8. The normalized spacial score (nSPS) is 21.5. The van der Waals surface area contributed by atoms with Crippen molar-refractivity contribution < 1.29 is 14.5 Å². The fraction of sp³-hybridized carbons (Fsp3) is 0.485. The van der Waals surface area contributed by atoms with Gasteiger partial charge in [-0.15, -0.1) is 0 Å². The van der Waals surface area contributed by atoms with Gasteiger partial charge < -0.3 is 20.2 Å². The Morgan fingerprint density at radius 2 is 1.77 bits per heavy atom. The molecule has 1 fully saturated rings. The number of pyridine rings is 2. The van der Waals surface area contributed by atoms with Gasteiger partial charge in [-0.05, 0) is 104 Å². The largest absolute Gasteiger partial charge is 0.508 e. The maximum Gasteiger partial charge on any atom is 0.508 e. The first-order valence-corrected chi connectivity index (χ1v) is 18.3. The van der Waals surface area contributed by atoms with E-state index in [2.05, 4.69) is 88.9 Å². The molecule has 1 saturated carbocycles. The van der Waals surface area contributed by atoms with Crippen molar-refractivity contribution in [2.24, 2.45) is 11.8 Å². The number of fused-ring (bicyclic) bond motifs is 1. The van der Waals surface area contributed by atoms with Crippen LogP contribution in [0.1, 0.15) is 72.3 Å². The first kappa shape index (κ1) is 31.4. The summed E-state index contributed by atoms with van der Waals surface area (Å²) < 4.78 is 9.03. The molecule has 0 amide bonds. The molecule has 0 aliphatic heterocycles. The number of nitrogens with two attached hydrogens (primary N) is 1. The Bertz CT molecular complexity index is 1600. The van der Waals surface area contributed by atoms with Crippen LogP contribution in [0, 0.1) is 11.8 Å². The number of imidazole rings is 1. The lowest BCUT2D eigenvalue weighted by Crippen LogP contribution is -2.51. The molecular weight excluding hydrogens is 553 g/mol. The molecule has 4 N–H and O–H groups in total. The van der Waals surface area contributed by atoms with Crippen LogP contribution in [0.15, 0.2) is 54.7 Å². The van der Waals surface area contributed by atoms with Crippen molar-refractivity contribution in [2.75, 3.05) is 5.73 Å². The van der Waals surface area contributed by atoms with E-state index in [1.165, 1.54) is 5.56 Å². The van der Waals surface area contributed by atoms with E-state index in [4.69, 9.17) is 15.1 Å². The van der Waals surface area contributed by atoms with E-state index in [1.807, 2.05) is 16.7 Å². The van der Waals surface area contributed by atoms with Gasteiger partial charge in [0.2, 0.25) is 0 Å². The second-order valence-corrected chi connectivity index (χ2v) is 19.0. The molecular formula is C33H46BN5O3Si. The van der Waals surface area contributed by atoms with Crippen molar-refractivity contribution in [1.29, 1.82) is 0 Å². The fourth-order valence-corrected chi connectivity index (χ4v) is 8.16. The van der Waals surface area contributed by atoms with Crippen LogP contribution in [0.25, 0.3) is 28.2 Å². The van der Waals surface area contributed by atoms with E-state index in [1.54, 1.807) is 18.3 Å². The lowest BCUT2D eigenvalue weighted by Gasteiger charge is -2.50. The van der Waals surface area contributed by atoms with Crippen molar-refractivity contribution in [2.45, 2.75) is 90.5 Å². The molecule has 0 radical (unpaired) electrons. The van der Waals surface area contributed by atoms with Crippen LogP contribution in [0.3, 0.4) is 0 Å². The van der Waals surface area contributed by atoms with Gasteiger partial charge in [-0.1, -0.05) is 46.8 Å². The van der Waals surface area contributed by atoms with Gasteiger partial charge in [0.05, 0.1) is 16.8 Å². The van der Waals surface area contributed by atoms with Crippen molar-refractivity contribution in [3.05, 3.63) is 60.3 Å². The Kier molecular flexibility index (Phi) is 8.37. The predicted molar refractivity (Wildman–Crippen MR) is 178 cm³/mol. The lowest BCUT2D eigenvalue weighted by molar-refractivity contribution is 0.000937. The summed E-state index contributed by atoms with van der Waals surface area (Å²) in [6.07, 6.45) is 4.87. The summed E-state index contributed by atoms with van der Waals surface area (Å²) in [6.45, 7) is 18.6. The number of nitrogens with zero attached hydrogens (tertiary/aromatic N) is 4. The maximum absolute atomic E-state index is 9.85. The quantitative estimate of drug-likeness (QED) is 0.221. The molecule has 3 unspecified atom stereocenters. The molecule has 10 heteroatoms. The molecule has 3 heterocycles. The number of nitrogen functional groups attached to an aromatic ring is 1. The van der Waals surface area contributed by atoms with Crippen LogP contribution in [0.5, 0.6) is 0 Å². The molecule has 0 spiro atoms. The molecule has 1 aromatic carbocycles. The Balaban J connectivity index is 1.56. The molecule has 8 nitrogen and oxygen atoms in total. The minimum Gasteiger partial charge on any atom is -0.422 e. The lowest BCUT2D eigenvalue weighted by atomic mass is 9.66. The summed E-state index contributed by atoms with van der Waals surface area (Å²) in [6, 6.07) is 15.7. The predicted octanol–water partition coefficient (Wildman–Crippen LogP) is 6.06. The van der Waals surface area contributed by atoms with Crippen LogP contribution in [0.4, 0.5) is 5.82 Å². The molecule has 3 aromatic heterocycles. The number of hydrogen-bond acceptors (Lipinski definition) is 7. The average molecular weight is 600 g/mol. The van der Waals surface area contributed by atoms with Gasteiger partial charge in [0, 0.05) is 11.9 Å². The van der Waals surface area contributed by atoms with E-state index in [0.717, 1.165) is 24.9 Å². The van der Waals surface area contributed by atoms with E-state index in [0.29, 0.717) is 46.1 Å². The molecule has 4 aromatic rings. The zero-order valence-electron chi connectivity index (χ0n) is 26.8. The number of aromatic nitrogens is 4. The standard InChI is InChI=1S/C33H46BN5O3Si/c1-21(2)24-17-18-33(6,42-43(7,8)32(3,4)5)20-26(24)22-11-13-23(14-12-22)39-30(25-10-9-19-36-29(25)35)37-27-15-16-28(34(40)41)38-31(27)39/h9-16,19,21,24,26,40-41H,17-18,20H2,1-8H3,(H2,35,36). The highest BCUT2D eigenvalue weighted by atomic mass is 28.4. The van der Waals surface area contributed by atoms with E-state index in [9.17, 15) is 10.0 Å². The van der Waals surface area contributed by atoms with Gasteiger partial charge in [0.15, 0.2) is 19.8 Å². The SMILES string of the molecule is CC(C)C1CCC(C)(O[Si](C)(C)C(C)(C)C)CC1c1ccc(-n2c(-c3cccnc3N)nc3ccc(B(O)O)nc32)cc1. The minimum atomic E-state index is -1.94. The summed E-state index contributed by atoms with van der Waals surface area (Å²) in [5.41, 5.74) is 10.3. The molecule has 1 aliphatic carbocycles. The van der Waals surface area contributed by atoms with Crippen LogP contribution < -0.4 is 11.3 Å². The Hall–Kier alpha value is -3.05. The number of hydrogen-bond donors (Lipinski definition) is 3. The molecule has 228 valence electrons. The first-order chi connectivity index (χ1) is 20.1. The van der Waals surface area contributed by atoms with Crippen LogP contribution >= 0.6 is 0 Å². The molecule has 3 atom stereocenters. The zero-order chi connectivity index (χ0) is 31.3. The van der Waals surface area contributed by atoms with Gasteiger partial charge in [-0.3, -0.25) is 4.57 Å². The summed E-state index contributed by atoms with van der Waals surface area (Å²) >= 11 is 0. The van der Waals surface area contributed by atoms with Gasteiger partial charge in [0.1, 0.15) is 11.3 Å². The highest BCUT2D eigenvalue weighted by Crippen LogP contribution is 2.50. The molecule has 0 saturated heterocycles. The first-order valence-electron chi connectivity index (χ1n) is 15.4. The second kappa shape index (κ2) is 11.5. The fourth-order valence-electron chi connectivity index (χ4n) is 6.43. The monoisotopic (exact) mass is 599 g/mol. The number of benzene rings is 1. The summed E-state index contributed by atoms with van der Waals surface area (Å²) in [7, 11) is -3.63. The topological polar surface area (TPSA) is 119 Å². The van der Waals surface area contributed by atoms with Gasteiger partial charge in [0.25, 0.3) is 0 Å². The Morgan fingerprint density at radius 1 is 1.07 bits per heavy atom. The van der Waals surface area contributed by atoms with Crippen molar-refractivity contribution in [3.63, 3.8) is 0 Å². The van der Waals surface area contributed by atoms with E-state index < -0.39 is 15.4 Å². The molecule has 1 aliphatic rings. The maximum atomic E-state index is 9.85. The Morgan fingerprint density at radius 3 is 2.37 bits per heavy atom.